The first-order valence-corrected chi connectivity index (χ1v) is 5.35. The topological polar surface area (TPSA) is 132 Å². The first-order valence-electron chi connectivity index (χ1n) is 5.35. The van der Waals surface area contributed by atoms with Crippen LogP contribution in [0.25, 0.3) is 0 Å². The third-order valence-corrected chi connectivity index (χ3v) is 1.63. The predicted octanol–water partition coefficient (Wildman–Crippen LogP) is 0.145. The zero-order valence-electron chi connectivity index (χ0n) is 10.6. The molecule has 112 valence electrons. The molecule has 0 aliphatic rings. The molecular formula is C8H16N2O9. The summed E-state index contributed by atoms with van der Waals surface area (Å²) in [5.74, 6) is 0. The Bertz CT molecular complexity index is 249. The molecule has 0 saturated heterocycles. The van der Waals surface area contributed by atoms with E-state index >= 15 is 0 Å². The van der Waals surface area contributed by atoms with Crippen LogP contribution in [0, 0.1) is 20.2 Å². The summed E-state index contributed by atoms with van der Waals surface area (Å²) in [6.07, 6.45) is -1.94. The maximum Gasteiger partial charge on any atom is 0.297 e. The molecule has 0 aliphatic heterocycles. The Hall–Kier alpha value is -1.72. The van der Waals surface area contributed by atoms with Gasteiger partial charge < -0.3 is 14.2 Å². The van der Waals surface area contributed by atoms with Gasteiger partial charge in [0.15, 0.2) is 0 Å². The van der Waals surface area contributed by atoms with Crippen LogP contribution in [-0.2, 0) is 23.9 Å². The number of nitrogens with zero attached hydrogens (tertiary/aromatic N) is 2. The van der Waals surface area contributed by atoms with Crippen molar-refractivity contribution in [2.45, 2.75) is 26.4 Å². The number of hydrogen-bond acceptors (Lipinski definition) is 9. The van der Waals surface area contributed by atoms with Gasteiger partial charge in [-0.15, -0.1) is 20.2 Å². The van der Waals surface area contributed by atoms with Crippen molar-refractivity contribution in [3.63, 3.8) is 0 Å². The van der Waals surface area contributed by atoms with Gasteiger partial charge >= 0.3 is 0 Å². The fourth-order valence-electron chi connectivity index (χ4n) is 0.951. The van der Waals surface area contributed by atoms with Crippen LogP contribution in [-0.4, -0.2) is 49.2 Å². The molecule has 0 saturated carbocycles. The van der Waals surface area contributed by atoms with Crippen LogP contribution in [0.15, 0.2) is 0 Å². The van der Waals surface area contributed by atoms with Gasteiger partial charge in [0.25, 0.3) is 10.2 Å². The number of rotatable bonds is 12. The van der Waals surface area contributed by atoms with Crippen molar-refractivity contribution in [3.05, 3.63) is 20.2 Å². The Kier molecular flexibility index (Phi) is 9.30. The summed E-state index contributed by atoms with van der Waals surface area (Å²) < 4.78 is 14.8. The van der Waals surface area contributed by atoms with Gasteiger partial charge in [0.1, 0.15) is 0 Å². The van der Waals surface area contributed by atoms with Crippen molar-refractivity contribution < 1.29 is 34.1 Å². The van der Waals surface area contributed by atoms with E-state index in [1.54, 1.807) is 0 Å². The molecule has 0 rings (SSSR count). The molecule has 0 aromatic rings. The zero-order chi connectivity index (χ0) is 14.7. The second-order valence-electron chi connectivity index (χ2n) is 3.15. The summed E-state index contributed by atoms with van der Waals surface area (Å²) in [5.41, 5.74) is 0. The quantitative estimate of drug-likeness (QED) is 0.212. The van der Waals surface area contributed by atoms with E-state index in [1.165, 1.54) is 13.8 Å². The van der Waals surface area contributed by atoms with Gasteiger partial charge in [-0.2, -0.15) is 0 Å². The minimum atomic E-state index is -0.969. The first kappa shape index (κ1) is 17.3. The van der Waals surface area contributed by atoms with Gasteiger partial charge in [0, 0.05) is 0 Å². The molecule has 0 bridgehead atoms. The van der Waals surface area contributed by atoms with Crippen molar-refractivity contribution in [2.75, 3.05) is 26.4 Å². The maximum absolute atomic E-state index is 9.92. The molecule has 0 radical (unpaired) electrons. The first-order chi connectivity index (χ1) is 8.91. The lowest BCUT2D eigenvalue weighted by Crippen LogP contribution is -2.21. The SMILES string of the molecule is CC(OCCOCCOC(C)O[N+](=O)[O-])O[N+](=O)[O-]. The maximum atomic E-state index is 9.92. The second-order valence-corrected chi connectivity index (χ2v) is 3.15. The Morgan fingerprint density at radius 3 is 1.53 bits per heavy atom. The Morgan fingerprint density at radius 1 is 0.842 bits per heavy atom. The lowest BCUT2D eigenvalue weighted by Gasteiger charge is -2.12. The Labute approximate surface area is 108 Å². The van der Waals surface area contributed by atoms with E-state index in [1.807, 2.05) is 0 Å². The highest BCUT2D eigenvalue weighted by Crippen LogP contribution is 1.95. The molecule has 0 spiro atoms. The largest absolute Gasteiger partial charge is 0.377 e. The standard InChI is InChI=1S/C8H16N2O9/c1-7(18-9(11)12)16-5-3-15-4-6-17-8(2)19-10(13)14/h7-8H,3-6H2,1-2H3. The van der Waals surface area contributed by atoms with Gasteiger partial charge in [-0.25, -0.2) is 0 Å². The van der Waals surface area contributed by atoms with Crippen LogP contribution >= 0.6 is 0 Å². The molecule has 19 heavy (non-hydrogen) atoms. The van der Waals surface area contributed by atoms with Crippen LogP contribution < -0.4 is 0 Å². The molecule has 2 unspecified atom stereocenters. The smallest absolute Gasteiger partial charge is 0.297 e. The number of ether oxygens (including phenoxy) is 3. The van der Waals surface area contributed by atoms with E-state index in [2.05, 4.69) is 9.68 Å². The van der Waals surface area contributed by atoms with Gasteiger partial charge in [0.2, 0.25) is 12.6 Å². The second kappa shape index (κ2) is 10.2. The van der Waals surface area contributed by atoms with Crippen molar-refractivity contribution in [1.82, 2.24) is 0 Å². The van der Waals surface area contributed by atoms with Gasteiger partial charge in [0.05, 0.1) is 26.4 Å². The van der Waals surface area contributed by atoms with Gasteiger partial charge in [-0.05, 0) is 13.8 Å². The van der Waals surface area contributed by atoms with E-state index in [0.717, 1.165) is 0 Å². The molecule has 2 atom stereocenters. The van der Waals surface area contributed by atoms with E-state index in [-0.39, 0.29) is 26.4 Å². The normalized spacial score (nSPS) is 13.6. The lowest BCUT2D eigenvalue weighted by molar-refractivity contribution is -0.779. The highest BCUT2D eigenvalue weighted by atomic mass is 17.0. The summed E-state index contributed by atoms with van der Waals surface area (Å²) in [4.78, 5) is 28.0. The average molecular weight is 284 g/mol. The number of hydrogen-bond donors (Lipinski definition) is 0. The van der Waals surface area contributed by atoms with Crippen molar-refractivity contribution in [2.24, 2.45) is 0 Å². The zero-order valence-corrected chi connectivity index (χ0v) is 10.6. The highest BCUT2D eigenvalue weighted by molar-refractivity contribution is 4.34. The molecule has 0 aromatic heterocycles. The molecule has 0 aromatic carbocycles. The van der Waals surface area contributed by atoms with E-state index < -0.39 is 22.8 Å². The molecule has 11 heteroatoms. The monoisotopic (exact) mass is 284 g/mol. The molecule has 0 aliphatic carbocycles. The van der Waals surface area contributed by atoms with E-state index in [0.29, 0.717) is 0 Å². The highest BCUT2D eigenvalue weighted by Gasteiger charge is 2.07. The third kappa shape index (κ3) is 12.5. The summed E-state index contributed by atoms with van der Waals surface area (Å²) in [7, 11) is 0. The fraction of sp³-hybridized carbons (Fsp3) is 1.00. The third-order valence-electron chi connectivity index (χ3n) is 1.63. The molecule has 11 nitrogen and oxygen atoms in total. The molecule has 0 N–H and O–H groups in total. The average Bonchev–Trinajstić information content (AvgIpc) is 2.25. The Morgan fingerprint density at radius 2 is 1.21 bits per heavy atom. The van der Waals surface area contributed by atoms with E-state index in [9.17, 15) is 20.2 Å². The minimum Gasteiger partial charge on any atom is -0.377 e. The van der Waals surface area contributed by atoms with Crippen LogP contribution in [0.2, 0.25) is 0 Å². The fourth-order valence-corrected chi connectivity index (χ4v) is 0.951. The summed E-state index contributed by atoms with van der Waals surface area (Å²) >= 11 is 0. The summed E-state index contributed by atoms with van der Waals surface area (Å²) in [6.45, 7) is 3.33. The van der Waals surface area contributed by atoms with Crippen molar-refractivity contribution >= 4 is 0 Å². The van der Waals surface area contributed by atoms with Crippen LogP contribution in [0.1, 0.15) is 13.8 Å². The van der Waals surface area contributed by atoms with Crippen LogP contribution in [0.4, 0.5) is 0 Å². The van der Waals surface area contributed by atoms with Crippen LogP contribution in [0.5, 0.6) is 0 Å². The lowest BCUT2D eigenvalue weighted by atomic mass is 10.7. The molecule has 0 heterocycles. The Balaban J connectivity index is 3.31. The minimum absolute atomic E-state index is 0.107. The van der Waals surface area contributed by atoms with Gasteiger partial charge in [-0.1, -0.05) is 0 Å². The summed E-state index contributed by atoms with van der Waals surface area (Å²) in [5, 5.41) is 17.9. The predicted molar refractivity (Wildman–Crippen MR) is 57.8 cm³/mol. The summed E-state index contributed by atoms with van der Waals surface area (Å²) in [6, 6.07) is 0. The van der Waals surface area contributed by atoms with Crippen molar-refractivity contribution in [3.8, 4) is 0 Å². The molecule has 0 fully saturated rings. The molecule has 0 amide bonds. The van der Waals surface area contributed by atoms with Gasteiger partial charge in [-0.3, -0.25) is 9.68 Å². The van der Waals surface area contributed by atoms with Crippen LogP contribution in [0.3, 0.4) is 0 Å². The van der Waals surface area contributed by atoms with Crippen molar-refractivity contribution in [1.29, 1.82) is 0 Å². The molecular weight excluding hydrogens is 268 g/mol. The van der Waals surface area contributed by atoms with E-state index in [4.69, 9.17) is 14.2 Å².